The first-order valence-electron chi connectivity index (χ1n) is 16.5. The quantitative estimate of drug-likeness (QED) is 0.0467. The number of anilines is 2. The molecule has 8 nitrogen and oxygen atoms in total. The molecule has 0 bridgehead atoms. The smallest absolute Gasteiger partial charge is 0.288 e. The van der Waals surface area contributed by atoms with E-state index in [-0.39, 0.29) is 18.4 Å². The van der Waals surface area contributed by atoms with Crippen LogP contribution in [-0.4, -0.2) is 101 Å². The van der Waals surface area contributed by atoms with Crippen molar-refractivity contribution in [2.24, 2.45) is 4.99 Å². The summed E-state index contributed by atoms with van der Waals surface area (Å²) in [6.07, 6.45) is 17.3. The molecule has 0 N–H and O–H groups in total. The number of allylic oxidation sites excluding steroid dienone is 4. The largest absolute Gasteiger partial charge is 0.378 e. The van der Waals surface area contributed by atoms with Crippen molar-refractivity contribution < 1.29 is 14.2 Å². The van der Waals surface area contributed by atoms with Gasteiger partial charge in [-0.15, -0.1) is 0 Å². The van der Waals surface area contributed by atoms with Crippen LogP contribution in [0.15, 0.2) is 108 Å². The van der Waals surface area contributed by atoms with Gasteiger partial charge in [0.15, 0.2) is 12.4 Å². The molecule has 2 amide bonds. The molecule has 0 radical (unpaired) electrons. The summed E-state index contributed by atoms with van der Waals surface area (Å²) in [4.78, 5) is 37.2. The highest BCUT2D eigenvalue weighted by Crippen LogP contribution is 2.21. The zero-order valence-corrected chi connectivity index (χ0v) is 31.9. The number of rotatable bonds is 19. The summed E-state index contributed by atoms with van der Waals surface area (Å²) in [5, 5.41) is 0. The van der Waals surface area contributed by atoms with Gasteiger partial charge in [0.1, 0.15) is 6.54 Å². The Morgan fingerprint density at radius 3 is 1.68 bits per heavy atom. The van der Waals surface area contributed by atoms with E-state index in [0.717, 1.165) is 39.5 Å². The van der Waals surface area contributed by atoms with Gasteiger partial charge in [-0.25, -0.2) is 0 Å². The fraction of sp³-hybridized carbons (Fsp3) is 0.300. The van der Waals surface area contributed by atoms with Gasteiger partial charge in [-0.3, -0.25) is 14.6 Å². The van der Waals surface area contributed by atoms with Gasteiger partial charge >= 0.3 is 0 Å². The topological polar surface area (TPSA) is 63.3 Å². The molecular formula is C40H51N6O2S2+. The molecule has 0 spiro atoms. The molecule has 0 saturated heterocycles. The average Bonchev–Trinajstić information content (AvgIpc) is 3.12. The zero-order chi connectivity index (χ0) is 36.3. The van der Waals surface area contributed by atoms with Gasteiger partial charge in [-0.2, -0.15) is 4.57 Å². The van der Waals surface area contributed by atoms with Crippen LogP contribution in [0, 0.1) is 0 Å². The Morgan fingerprint density at radius 2 is 1.18 bits per heavy atom. The highest BCUT2D eigenvalue weighted by atomic mass is 33.1. The number of amides is 2. The summed E-state index contributed by atoms with van der Waals surface area (Å²) < 4.78 is 1.90. The molecule has 0 atom stereocenters. The van der Waals surface area contributed by atoms with E-state index in [9.17, 15) is 9.59 Å². The van der Waals surface area contributed by atoms with Crippen molar-refractivity contribution in [3.63, 3.8) is 0 Å². The Morgan fingerprint density at radius 1 is 0.700 bits per heavy atom. The van der Waals surface area contributed by atoms with Crippen LogP contribution in [0.3, 0.4) is 0 Å². The first kappa shape index (κ1) is 39.9. The van der Waals surface area contributed by atoms with Gasteiger partial charge in [-0.1, -0.05) is 82.8 Å². The Kier molecular flexibility index (Phi) is 17.2. The second-order valence-electron chi connectivity index (χ2n) is 12.1. The van der Waals surface area contributed by atoms with Crippen LogP contribution >= 0.6 is 21.6 Å². The summed E-state index contributed by atoms with van der Waals surface area (Å²) >= 11 is 0. The highest BCUT2D eigenvalue weighted by molar-refractivity contribution is 8.76. The number of pyridine rings is 1. The number of carbonyl (C=O) groups excluding carboxylic acids is 2. The third-order valence-electron chi connectivity index (χ3n) is 7.78. The number of aliphatic imine (C=N–C) groups is 1. The summed E-state index contributed by atoms with van der Waals surface area (Å²) in [6.45, 7) is 5.56. The maximum atomic E-state index is 12.8. The van der Waals surface area contributed by atoms with E-state index in [0.29, 0.717) is 19.6 Å². The lowest BCUT2D eigenvalue weighted by Crippen LogP contribution is -2.43. The van der Waals surface area contributed by atoms with Crippen molar-refractivity contribution in [2.45, 2.75) is 6.54 Å². The molecule has 0 aliphatic rings. The Bertz CT molecular complexity index is 1630. The minimum absolute atomic E-state index is 0.0290. The summed E-state index contributed by atoms with van der Waals surface area (Å²) in [5.41, 5.74) is 6.54. The van der Waals surface area contributed by atoms with E-state index < -0.39 is 0 Å². The molecule has 264 valence electrons. The molecule has 0 fully saturated rings. The van der Waals surface area contributed by atoms with Gasteiger partial charge in [0.2, 0.25) is 12.5 Å². The minimum atomic E-state index is -0.0290. The summed E-state index contributed by atoms with van der Waals surface area (Å²) in [5.74, 6) is 1.65. The molecule has 50 heavy (non-hydrogen) atoms. The third-order valence-corrected chi connectivity index (χ3v) is 10.1. The van der Waals surface area contributed by atoms with Crippen molar-refractivity contribution in [2.75, 3.05) is 83.2 Å². The summed E-state index contributed by atoms with van der Waals surface area (Å²) in [7, 11) is 15.2. The minimum Gasteiger partial charge on any atom is -0.378 e. The maximum absolute atomic E-state index is 12.8. The van der Waals surface area contributed by atoms with Crippen LogP contribution in [0.25, 0.3) is 18.2 Å². The van der Waals surface area contributed by atoms with E-state index in [4.69, 9.17) is 0 Å². The molecule has 0 aliphatic carbocycles. The van der Waals surface area contributed by atoms with E-state index in [1.165, 1.54) is 5.69 Å². The first-order chi connectivity index (χ1) is 24.0. The molecule has 0 aliphatic heterocycles. The molecule has 3 aromatic rings. The second kappa shape index (κ2) is 21.5. The van der Waals surface area contributed by atoms with Crippen molar-refractivity contribution in [3.8, 4) is 0 Å². The van der Waals surface area contributed by atoms with Gasteiger partial charge < -0.3 is 19.6 Å². The van der Waals surface area contributed by atoms with Gasteiger partial charge in [0.05, 0.1) is 0 Å². The van der Waals surface area contributed by atoms with E-state index in [1.807, 2.05) is 82.6 Å². The average molecular weight is 712 g/mol. The molecule has 0 unspecified atom stereocenters. The lowest BCUT2D eigenvalue weighted by atomic mass is 10.1. The standard InChI is InChI=1S/C40H51N6O2S2/c1-8-33(9-10-34-13-17-37(18-14-34)42(2)3)21-24-41-31-39(47)44(6)27-29-49-50-30-28-45(7)40(48)32-46-25-22-36(23-26-46)12-11-35-15-19-38(20-16-35)43(4)5/h8-26H,1,27-32H2,2-7H3/q+1/b10-9+,33-21+,41-24?. The van der Waals surface area contributed by atoms with E-state index >= 15 is 0 Å². The molecule has 10 heteroatoms. The number of benzene rings is 2. The lowest BCUT2D eigenvalue weighted by molar-refractivity contribution is -0.685. The lowest BCUT2D eigenvalue weighted by Gasteiger charge is -2.16. The molecule has 0 saturated carbocycles. The maximum Gasteiger partial charge on any atom is 0.288 e. The highest BCUT2D eigenvalue weighted by Gasteiger charge is 2.14. The monoisotopic (exact) mass is 711 g/mol. The second-order valence-corrected chi connectivity index (χ2v) is 14.8. The van der Waals surface area contributed by atoms with Crippen LogP contribution in [0.5, 0.6) is 0 Å². The fourth-order valence-corrected chi connectivity index (χ4v) is 6.50. The number of hydrogen-bond acceptors (Lipinski definition) is 7. The number of likely N-dealkylation sites (N-methyl/N-ethyl adjacent to an activating group) is 2. The number of nitrogens with zero attached hydrogens (tertiary/aromatic N) is 6. The fourth-order valence-electron chi connectivity index (χ4n) is 4.41. The van der Waals surface area contributed by atoms with Gasteiger partial charge in [0, 0.05) is 96.6 Å². The van der Waals surface area contributed by atoms with Gasteiger partial charge in [-0.05, 0) is 52.6 Å². The van der Waals surface area contributed by atoms with Crippen LogP contribution in [-0.2, 0) is 16.1 Å². The number of hydrogen-bond donors (Lipinski definition) is 0. The Balaban J connectivity index is 1.29. The SMILES string of the molecule is C=CC(/C=C/c1ccc(N(C)C)cc1)=C\C=NCC(=O)N(C)CCSSCCN(C)C(=O)C[n+]1ccc(/C=C/c2ccc(N(C)C)cc2)cc1. The van der Waals surface area contributed by atoms with Crippen LogP contribution in [0.1, 0.15) is 16.7 Å². The Labute approximate surface area is 307 Å². The zero-order valence-electron chi connectivity index (χ0n) is 30.2. The van der Waals surface area contributed by atoms with Crippen molar-refractivity contribution >= 4 is 69.2 Å². The van der Waals surface area contributed by atoms with Gasteiger partial charge in [0.25, 0.3) is 5.91 Å². The Hall–Kier alpha value is -4.54. The van der Waals surface area contributed by atoms with E-state index in [2.05, 4.69) is 82.1 Å². The van der Waals surface area contributed by atoms with Crippen molar-refractivity contribution in [1.82, 2.24) is 9.80 Å². The summed E-state index contributed by atoms with van der Waals surface area (Å²) in [6, 6.07) is 20.7. The van der Waals surface area contributed by atoms with Crippen LogP contribution < -0.4 is 14.4 Å². The predicted octanol–water partition coefficient (Wildman–Crippen LogP) is 6.47. The molecule has 3 rings (SSSR count). The van der Waals surface area contributed by atoms with Crippen molar-refractivity contribution in [3.05, 3.63) is 120 Å². The first-order valence-corrected chi connectivity index (χ1v) is 19.0. The molecule has 1 aromatic heterocycles. The van der Waals surface area contributed by atoms with E-state index in [1.54, 1.807) is 50.7 Å². The molecule has 1 heterocycles. The van der Waals surface area contributed by atoms with Crippen LogP contribution in [0.2, 0.25) is 0 Å². The molecular weight excluding hydrogens is 661 g/mol. The van der Waals surface area contributed by atoms with Crippen LogP contribution in [0.4, 0.5) is 11.4 Å². The predicted molar refractivity (Wildman–Crippen MR) is 218 cm³/mol. The third kappa shape index (κ3) is 14.5. The normalized spacial score (nSPS) is 11.8. The van der Waals surface area contributed by atoms with Crippen molar-refractivity contribution in [1.29, 1.82) is 0 Å². The number of carbonyl (C=O) groups is 2. The number of aromatic nitrogens is 1. The molecule has 2 aromatic carbocycles.